The summed E-state index contributed by atoms with van der Waals surface area (Å²) in [5.74, 6) is 0.959. The van der Waals surface area contributed by atoms with Crippen LogP contribution in [0.2, 0.25) is 0 Å². The molecule has 2 N–H and O–H groups in total. The van der Waals surface area contributed by atoms with Gasteiger partial charge in [-0.15, -0.1) is 12.4 Å². The summed E-state index contributed by atoms with van der Waals surface area (Å²) in [6.45, 7) is 0. The third-order valence-electron chi connectivity index (χ3n) is 4.54. The van der Waals surface area contributed by atoms with Gasteiger partial charge in [0.05, 0.1) is 12.6 Å². The quantitative estimate of drug-likeness (QED) is 0.815. The van der Waals surface area contributed by atoms with Crippen LogP contribution >= 0.6 is 12.4 Å². The molecule has 26 heavy (non-hydrogen) atoms. The van der Waals surface area contributed by atoms with E-state index in [4.69, 9.17) is 15.0 Å². The number of methoxy groups -OCH3 is 1. The number of hydrogen-bond acceptors (Lipinski definition) is 7. The predicted octanol–water partition coefficient (Wildman–Crippen LogP) is 2.15. The Kier molecular flexibility index (Phi) is 5.96. The van der Waals surface area contributed by atoms with E-state index >= 15 is 0 Å². The van der Waals surface area contributed by atoms with Gasteiger partial charge in [-0.2, -0.15) is 4.98 Å². The van der Waals surface area contributed by atoms with E-state index < -0.39 is 15.6 Å². The van der Waals surface area contributed by atoms with Crippen LogP contribution in [0.1, 0.15) is 31.5 Å². The van der Waals surface area contributed by atoms with Crippen molar-refractivity contribution in [3.63, 3.8) is 0 Å². The zero-order valence-corrected chi connectivity index (χ0v) is 16.6. The van der Waals surface area contributed by atoms with Gasteiger partial charge >= 0.3 is 0 Å². The highest BCUT2D eigenvalue weighted by molar-refractivity contribution is 7.89. The molecule has 144 valence electrons. The van der Waals surface area contributed by atoms with Crippen LogP contribution in [0.25, 0.3) is 11.5 Å². The van der Waals surface area contributed by atoms with Crippen LogP contribution < -0.4 is 10.5 Å². The SMILES string of the molecule is COc1ccc(-c2nc(C3(N)CCCC3)no2)cc1S(=O)(=O)N(C)C.Cl. The molecule has 1 aromatic heterocycles. The summed E-state index contributed by atoms with van der Waals surface area (Å²) in [6.07, 6.45) is 3.70. The molecule has 0 spiro atoms. The number of nitrogens with two attached hydrogens (primary N) is 1. The van der Waals surface area contributed by atoms with E-state index in [1.807, 2.05) is 0 Å². The molecule has 8 nitrogen and oxygen atoms in total. The minimum Gasteiger partial charge on any atom is -0.495 e. The van der Waals surface area contributed by atoms with Crippen molar-refractivity contribution in [3.8, 4) is 17.2 Å². The Morgan fingerprint density at radius 2 is 1.92 bits per heavy atom. The van der Waals surface area contributed by atoms with Crippen molar-refractivity contribution < 1.29 is 17.7 Å². The first-order valence-electron chi connectivity index (χ1n) is 8.02. The maximum absolute atomic E-state index is 12.5. The van der Waals surface area contributed by atoms with Crippen molar-refractivity contribution in [1.29, 1.82) is 0 Å². The molecule has 0 amide bonds. The summed E-state index contributed by atoms with van der Waals surface area (Å²) in [7, 11) is 0.672. The summed E-state index contributed by atoms with van der Waals surface area (Å²) in [5, 5.41) is 4.01. The first kappa shape index (κ1) is 20.6. The molecule has 1 aliphatic carbocycles. The van der Waals surface area contributed by atoms with E-state index in [1.54, 1.807) is 12.1 Å². The Morgan fingerprint density at radius 3 is 2.50 bits per heavy atom. The summed E-state index contributed by atoms with van der Waals surface area (Å²) >= 11 is 0. The lowest BCUT2D eigenvalue weighted by Gasteiger charge is -2.17. The van der Waals surface area contributed by atoms with Gasteiger partial charge in [0.15, 0.2) is 5.82 Å². The first-order valence-corrected chi connectivity index (χ1v) is 9.46. The zero-order valence-electron chi connectivity index (χ0n) is 14.9. The van der Waals surface area contributed by atoms with Crippen LogP contribution in [-0.4, -0.2) is 44.1 Å². The molecular weight excluding hydrogens is 380 g/mol. The first-order chi connectivity index (χ1) is 11.8. The zero-order chi connectivity index (χ0) is 18.2. The number of rotatable bonds is 5. The van der Waals surface area contributed by atoms with Gasteiger partial charge in [-0.3, -0.25) is 0 Å². The van der Waals surface area contributed by atoms with Crippen molar-refractivity contribution in [1.82, 2.24) is 14.4 Å². The Hall–Kier alpha value is -1.68. The van der Waals surface area contributed by atoms with Gasteiger partial charge in [-0.25, -0.2) is 12.7 Å². The summed E-state index contributed by atoms with van der Waals surface area (Å²) < 4.78 is 36.7. The minimum absolute atomic E-state index is 0. The molecule has 0 aliphatic heterocycles. The fraction of sp³-hybridized carbons (Fsp3) is 0.500. The average Bonchev–Trinajstić information content (AvgIpc) is 3.24. The number of hydrogen-bond donors (Lipinski definition) is 1. The van der Waals surface area contributed by atoms with Crippen LogP contribution in [-0.2, 0) is 15.6 Å². The van der Waals surface area contributed by atoms with Gasteiger partial charge in [-0.1, -0.05) is 18.0 Å². The second-order valence-corrected chi connectivity index (χ2v) is 8.56. The largest absolute Gasteiger partial charge is 0.495 e. The topological polar surface area (TPSA) is 112 Å². The number of aromatic nitrogens is 2. The molecule has 3 rings (SSSR count). The van der Waals surface area contributed by atoms with Gasteiger partial charge in [-0.05, 0) is 31.0 Å². The smallest absolute Gasteiger partial charge is 0.258 e. The Labute approximate surface area is 159 Å². The second kappa shape index (κ2) is 7.51. The number of ether oxygens (including phenoxy) is 1. The lowest BCUT2D eigenvalue weighted by atomic mass is 9.99. The van der Waals surface area contributed by atoms with Crippen molar-refractivity contribution in [3.05, 3.63) is 24.0 Å². The predicted molar refractivity (Wildman–Crippen MR) is 98.7 cm³/mol. The average molecular weight is 403 g/mol. The van der Waals surface area contributed by atoms with Gasteiger partial charge in [0.25, 0.3) is 5.89 Å². The lowest BCUT2D eigenvalue weighted by Crippen LogP contribution is -2.34. The number of nitrogens with zero attached hydrogens (tertiary/aromatic N) is 3. The van der Waals surface area contributed by atoms with Crippen molar-refractivity contribution in [2.24, 2.45) is 5.73 Å². The molecule has 1 fully saturated rings. The molecule has 0 saturated heterocycles. The molecule has 1 aliphatic rings. The molecule has 2 aromatic rings. The summed E-state index contributed by atoms with van der Waals surface area (Å²) in [6, 6.07) is 4.73. The van der Waals surface area contributed by atoms with E-state index in [0.717, 1.165) is 30.0 Å². The van der Waals surface area contributed by atoms with Crippen LogP contribution in [0.15, 0.2) is 27.6 Å². The third-order valence-corrected chi connectivity index (χ3v) is 6.37. The number of benzene rings is 1. The maximum atomic E-state index is 12.5. The normalized spacial score (nSPS) is 16.5. The monoisotopic (exact) mass is 402 g/mol. The van der Waals surface area contributed by atoms with Crippen molar-refractivity contribution in [2.45, 2.75) is 36.1 Å². The molecule has 0 atom stereocenters. The summed E-state index contributed by atoms with van der Waals surface area (Å²) in [4.78, 5) is 4.45. The molecule has 0 bridgehead atoms. The Balaban J connectivity index is 0.00000243. The van der Waals surface area contributed by atoms with Gasteiger partial charge < -0.3 is 15.0 Å². The van der Waals surface area contributed by atoms with E-state index in [0.29, 0.717) is 11.4 Å². The highest BCUT2D eigenvalue weighted by Gasteiger charge is 2.36. The van der Waals surface area contributed by atoms with Crippen LogP contribution in [0.3, 0.4) is 0 Å². The molecule has 0 radical (unpaired) electrons. The molecular formula is C16H23ClN4O4S. The summed E-state index contributed by atoms with van der Waals surface area (Å²) in [5.41, 5.74) is 6.29. The van der Waals surface area contributed by atoms with Crippen molar-refractivity contribution >= 4 is 22.4 Å². The van der Waals surface area contributed by atoms with Gasteiger partial charge in [0, 0.05) is 19.7 Å². The van der Waals surface area contributed by atoms with E-state index in [1.165, 1.54) is 27.3 Å². The van der Waals surface area contributed by atoms with E-state index in [-0.39, 0.29) is 28.9 Å². The second-order valence-electron chi connectivity index (χ2n) is 6.44. The third kappa shape index (κ3) is 3.57. The fourth-order valence-corrected chi connectivity index (χ4v) is 4.06. The Morgan fingerprint density at radius 1 is 1.27 bits per heavy atom. The molecule has 0 unspecified atom stereocenters. The Bertz CT molecular complexity index is 876. The highest BCUT2D eigenvalue weighted by Crippen LogP contribution is 2.36. The molecule has 10 heteroatoms. The van der Waals surface area contributed by atoms with E-state index in [9.17, 15) is 8.42 Å². The molecule has 1 aromatic carbocycles. The molecule has 1 saturated carbocycles. The lowest BCUT2D eigenvalue weighted by molar-refractivity contribution is 0.372. The number of halogens is 1. The van der Waals surface area contributed by atoms with Crippen LogP contribution in [0, 0.1) is 0 Å². The van der Waals surface area contributed by atoms with Gasteiger partial charge in [0.1, 0.15) is 10.6 Å². The van der Waals surface area contributed by atoms with Crippen LogP contribution in [0.4, 0.5) is 0 Å². The fourth-order valence-electron chi connectivity index (χ4n) is 2.98. The van der Waals surface area contributed by atoms with Crippen molar-refractivity contribution in [2.75, 3.05) is 21.2 Å². The van der Waals surface area contributed by atoms with E-state index in [2.05, 4.69) is 10.1 Å². The maximum Gasteiger partial charge on any atom is 0.258 e. The minimum atomic E-state index is -3.68. The van der Waals surface area contributed by atoms with Gasteiger partial charge in [0.2, 0.25) is 10.0 Å². The molecule has 1 heterocycles. The number of sulfonamides is 1. The standard InChI is InChI=1S/C16H22N4O4S.ClH/c1-20(2)25(21,22)13-10-11(6-7-12(13)23-3)14-18-15(19-24-14)16(17)8-4-5-9-16;/h6-7,10H,4-5,8-9,17H2,1-3H3;1H. The highest BCUT2D eigenvalue weighted by atomic mass is 35.5. The van der Waals surface area contributed by atoms with Crippen LogP contribution in [0.5, 0.6) is 5.75 Å².